The molecule has 0 radical (unpaired) electrons. The molecule has 7 heteroatoms. The number of anilines is 2. The van der Waals surface area contributed by atoms with E-state index in [2.05, 4.69) is 19.9 Å². The molecule has 0 aliphatic heterocycles. The van der Waals surface area contributed by atoms with E-state index in [0.29, 0.717) is 34.2 Å². The van der Waals surface area contributed by atoms with Crippen molar-refractivity contribution in [3.8, 4) is 17.1 Å². The molecule has 5 N–H and O–H groups in total. The highest BCUT2D eigenvalue weighted by molar-refractivity contribution is 5.85. The summed E-state index contributed by atoms with van der Waals surface area (Å²) in [5.74, 6) is 1.60. The molecular weight excluding hydrogens is 244 g/mol. The smallest absolute Gasteiger partial charge is 0.183 e. The molecule has 0 amide bonds. The lowest BCUT2D eigenvalue weighted by Gasteiger charge is -2.06. The van der Waals surface area contributed by atoms with E-state index in [0.717, 1.165) is 5.56 Å². The lowest BCUT2D eigenvalue weighted by Crippen LogP contribution is -1.92. The summed E-state index contributed by atoms with van der Waals surface area (Å²) in [5, 5.41) is 0. The normalized spacial score (nSPS) is 10.8. The van der Waals surface area contributed by atoms with Crippen LogP contribution in [0.25, 0.3) is 22.6 Å². The van der Waals surface area contributed by atoms with E-state index in [4.69, 9.17) is 16.2 Å². The van der Waals surface area contributed by atoms with E-state index in [9.17, 15) is 0 Å². The fourth-order valence-electron chi connectivity index (χ4n) is 1.88. The van der Waals surface area contributed by atoms with Gasteiger partial charge in [-0.2, -0.15) is 0 Å². The number of nitrogens with two attached hydrogens (primary N) is 2. The van der Waals surface area contributed by atoms with E-state index in [-0.39, 0.29) is 0 Å². The van der Waals surface area contributed by atoms with Crippen molar-refractivity contribution in [2.75, 3.05) is 18.6 Å². The molecule has 0 unspecified atom stereocenters. The van der Waals surface area contributed by atoms with Gasteiger partial charge < -0.3 is 21.2 Å². The third-order valence-corrected chi connectivity index (χ3v) is 2.80. The zero-order valence-electron chi connectivity index (χ0n) is 10.2. The molecule has 1 aromatic carbocycles. The van der Waals surface area contributed by atoms with Gasteiger partial charge in [0.25, 0.3) is 0 Å². The molecule has 0 atom stereocenters. The van der Waals surface area contributed by atoms with Crippen molar-refractivity contribution in [2.45, 2.75) is 0 Å². The monoisotopic (exact) mass is 256 g/mol. The minimum absolute atomic E-state index is 0.359. The van der Waals surface area contributed by atoms with E-state index in [1.165, 1.54) is 6.33 Å². The maximum atomic E-state index is 5.77. The number of nitrogens with one attached hydrogen (secondary N) is 1. The van der Waals surface area contributed by atoms with Crippen molar-refractivity contribution >= 4 is 22.7 Å². The average Bonchev–Trinajstić information content (AvgIpc) is 2.83. The summed E-state index contributed by atoms with van der Waals surface area (Å²) < 4.78 is 5.30. The number of hydrogen-bond acceptors (Lipinski definition) is 6. The highest BCUT2D eigenvalue weighted by atomic mass is 16.5. The van der Waals surface area contributed by atoms with Crippen LogP contribution >= 0.6 is 0 Å². The van der Waals surface area contributed by atoms with Gasteiger partial charge in [0.15, 0.2) is 11.5 Å². The number of rotatable bonds is 2. The predicted octanol–water partition coefficient (Wildman–Crippen LogP) is 1.19. The van der Waals surface area contributed by atoms with Crippen LogP contribution in [0.2, 0.25) is 0 Å². The largest absolute Gasteiger partial charge is 0.496 e. The molecule has 0 aliphatic rings. The summed E-state index contributed by atoms with van der Waals surface area (Å²) in [6, 6.07) is 5.34. The second-order valence-corrected chi connectivity index (χ2v) is 4.00. The predicted molar refractivity (Wildman–Crippen MR) is 72.5 cm³/mol. The molecule has 19 heavy (non-hydrogen) atoms. The lowest BCUT2D eigenvalue weighted by molar-refractivity contribution is 0.416. The van der Waals surface area contributed by atoms with Gasteiger partial charge in [0, 0.05) is 11.8 Å². The zero-order chi connectivity index (χ0) is 13.4. The average molecular weight is 256 g/mol. The van der Waals surface area contributed by atoms with E-state index >= 15 is 0 Å². The highest BCUT2D eigenvalue weighted by Gasteiger charge is 2.13. The Morgan fingerprint density at radius 1 is 1.21 bits per heavy atom. The van der Waals surface area contributed by atoms with E-state index in [1.807, 2.05) is 6.07 Å². The third kappa shape index (κ3) is 1.81. The molecule has 2 heterocycles. The first kappa shape index (κ1) is 11.3. The molecule has 96 valence electrons. The summed E-state index contributed by atoms with van der Waals surface area (Å²) >= 11 is 0. The maximum absolute atomic E-state index is 5.77. The van der Waals surface area contributed by atoms with Gasteiger partial charge in [-0.05, 0) is 12.1 Å². The van der Waals surface area contributed by atoms with Gasteiger partial charge in [0.1, 0.15) is 23.4 Å². The minimum Gasteiger partial charge on any atom is -0.496 e. The number of nitrogen functional groups attached to an aromatic ring is 2. The molecule has 0 spiro atoms. The van der Waals surface area contributed by atoms with Crippen LogP contribution in [0.4, 0.5) is 11.5 Å². The molecule has 0 saturated heterocycles. The van der Waals surface area contributed by atoms with E-state index in [1.54, 1.807) is 19.2 Å². The fourth-order valence-corrected chi connectivity index (χ4v) is 1.88. The number of imidazole rings is 1. The molecule has 3 aromatic rings. The van der Waals surface area contributed by atoms with Gasteiger partial charge in [-0.3, -0.25) is 0 Å². The van der Waals surface area contributed by atoms with Crippen LogP contribution in [-0.4, -0.2) is 27.0 Å². The van der Waals surface area contributed by atoms with Crippen molar-refractivity contribution < 1.29 is 4.74 Å². The van der Waals surface area contributed by atoms with Crippen molar-refractivity contribution in [1.29, 1.82) is 0 Å². The second-order valence-electron chi connectivity index (χ2n) is 4.00. The first-order valence-corrected chi connectivity index (χ1v) is 5.59. The first-order chi connectivity index (χ1) is 9.19. The lowest BCUT2D eigenvalue weighted by atomic mass is 10.1. The maximum Gasteiger partial charge on any atom is 0.183 e. The van der Waals surface area contributed by atoms with Crippen LogP contribution in [-0.2, 0) is 0 Å². The highest BCUT2D eigenvalue weighted by Crippen LogP contribution is 2.31. The molecule has 3 rings (SSSR count). The van der Waals surface area contributed by atoms with Crippen molar-refractivity contribution in [3.63, 3.8) is 0 Å². The summed E-state index contributed by atoms with van der Waals surface area (Å²) in [6.07, 6.45) is 1.38. The van der Waals surface area contributed by atoms with Gasteiger partial charge in [-0.15, -0.1) is 0 Å². The number of hydrogen-bond donors (Lipinski definition) is 3. The Morgan fingerprint density at radius 3 is 2.79 bits per heavy atom. The van der Waals surface area contributed by atoms with Crippen molar-refractivity contribution in [3.05, 3.63) is 24.5 Å². The van der Waals surface area contributed by atoms with Crippen LogP contribution in [0.3, 0.4) is 0 Å². The van der Waals surface area contributed by atoms with Crippen LogP contribution in [0, 0.1) is 0 Å². The molecule has 2 aromatic heterocycles. The number of aromatic nitrogens is 4. The standard InChI is InChI=1S/C12H12N6O/c1-19-8-4-6(13)2-3-7(8)11-17-9-10(14)15-5-16-12(9)18-11/h2-5H,13H2,1H3,(H3,14,15,16,17,18). The summed E-state index contributed by atoms with van der Waals surface area (Å²) in [5.41, 5.74) is 14.0. The fraction of sp³-hybridized carbons (Fsp3) is 0.0833. The quantitative estimate of drug-likeness (QED) is 0.593. The van der Waals surface area contributed by atoms with Gasteiger partial charge in [0.05, 0.1) is 12.7 Å². The summed E-state index contributed by atoms with van der Waals surface area (Å²) in [7, 11) is 1.58. The molecule has 0 bridgehead atoms. The Kier molecular flexibility index (Phi) is 2.45. The van der Waals surface area contributed by atoms with Gasteiger partial charge in [0.2, 0.25) is 0 Å². The Morgan fingerprint density at radius 2 is 2.05 bits per heavy atom. The van der Waals surface area contributed by atoms with Gasteiger partial charge in [-0.1, -0.05) is 0 Å². The zero-order valence-corrected chi connectivity index (χ0v) is 10.2. The van der Waals surface area contributed by atoms with Crippen molar-refractivity contribution in [2.24, 2.45) is 0 Å². The number of H-pyrrole nitrogens is 1. The van der Waals surface area contributed by atoms with Crippen LogP contribution in [0.5, 0.6) is 5.75 Å². The van der Waals surface area contributed by atoms with E-state index < -0.39 is 0 Å². The van der Waals surface area contributed by atoms with Crippen LogP contribution < -0.4 is 16.2 Å². The number of fused-ring (bicyclic) bond motifs is 1. The first-order valence-electron chi connectivity index (χ1n) is 5.59. The molecule has 0 fully saturated rings. The Hall–Kier alpha value is -2.83. The number of aromatic amines is 1. The molecule has 0 aliphatic carbocycles. The Balaban J connectivity index is 2.22. The number of ether oxygens (including phenoxy) is 1. The molecule has 7 nitrogen and oxygen atoms in total. The van der Waals surface area contributed by atoms with Crippen LogP contribution in [0.1, 0.15) is 0 Å². The Bertz CT molecular complexity index is 751. The third-order valence-electron chi connectivity index (χ3n) is 2.80. The van der Waals surface area contributed by atoms with Crippen LogP contribution in [0.15, 0.2) is 24.5 Å². The molecule has 0 saturated carbocycles. The summed E-state index contributed by atoms with van der Waals surface area (Å²) in [6.45, 7) is 0. The topological polar surface area (TPSA) is 116 Å². The van der Waals surface area contributed by atoms with Crippen molar-refractivity contribution in [1.82, 2.24) is 19.9 Å². The number of nitrogens with zero attached hydrogens (tertiary/aromatic N) is 3. The second kappa shape index (κ2) is 4.13. The summed E-state index contributed by atoms with van der Waals surface area (Å²) in [4.78, 5) is 15.4. The minimum atomic E-state index is 0.359. The number of benzene rings is 1. The number of methoxy groups -OCH3 is 1. The van der Waals surface area contributed by atoms with Gasteiger partial charge >= 0.3 is 0 Å². The SMILES string of the molecule is COc1cc(N)ccc1-c1nc2ncnc(N)c2[nH]1. The molecular formula is C12H12N6O. The Labute approximate surface area is 108 Å². The van der Waals surface area contributed by atoms with Gasteiger partial charge in [-0.25, -0.2) is 15.0 Å².